The van der Waals surface area contributed by atoms with Crippen molar-refractivity contribution in [2.24, 2.45) is 0 Å². The lowest BCUT2D eigenvalue weighted by Crippen LogP contribution is -2.30. The third-order valence-electron chi connectivity index (χ3n) is 6.00. The molecule has 0 saturated carbocycles. The first-order chi connectivity index (χ1) is 18.7. The van der Waals surface area contributed by atoms with Crippen LogP contribution in [0.5, 0.6) is 0 Å². The largest absolute Gasteiger partial charge is 0.444 e. The van der Waals surface area contributed by atoms with E-state index in [0.717, 1.165) is 32.5 Å². The molecule has 6 nitrogen and oxygen atoms in total. The highest BCUT2D eigenvalue weighted by molar-refractivity contribution is 7.20. The van der Waals surface area contributed by atoms with Crippen LogP contribution in [0.3, 0.4) is 0 Å². The Hall–Kier alpha value is -4.49. The zero-order valence-corrected chi connectivity index (χ0v) is 22.9. The normalized spacial score (nSPS) is 11.3. The second-order valence-corrected chi connectivity index (χ2v) is 11.2. The predicted octanol–water partition coefficient (Wildman–Crippen LogP) is 8.16. The number of pyridine rings is 1. The van der Waals surface area contributed by atoms with Crippen LogP contribution in [0.1, 0.15) is 36.0 Å². The van der Waals surface area contributed by atoms with Crippen LogP contribution in [0.2, 0.25) is 0 Å². The lowest BCUT2D eigenvalue weighted by atomic mass is 10.1. The monoisotopic (exact) mass is 535 g/mol. The van der Waals surface area contributed by atoms with Crippen molar-refractivity contribution in [3.63, 3.8) is 0 Å². The fourth-order valence-electron chi connectivity index (χ4n) is 4.17. The minimum Gasteiger partial charge on any atom is -0.444 e. The van der Waals surface area contributed by atoms with Crippen molar-refractivity contribution in [1.82, 2.24) is 4.98 Å². The topological polar surface area (TPSA) is 71.5 Å². The Morgan fingerprint density at radius 1 is 0.897 bits per heavy atom. The Kier molecular flexibility index (Phi) is 7.43. The highest BCUT2D eigenvalue weighted by Gasteiger charge is 2.21. The molecule has 39 heavy (non-hydrogen) atoms. The summed E-state index contributed by atoms with van der Waals surface area (Å²) < 4.78 is 6.42. The van der Waals surface area contributed by atoms with E-state index in [9.17, 15) is 9.59 Å². The second-order valence-electron chi connectivity index (χ2n) is 10.2. The number of hydrogen-bond donors (Lipinski definition) is 1. The number of rotatable bonds is 6. The van der Waals surface area contributed by atoms with Gasteiger partial charge in [0.1, 0.15) is 5.60 Å². The molecule has 5 aromatic rings. The molecule has 0 spiro atoms. The van der Waals surface area contributed by atoms with E-state index >= 15 is 0 Å². The molecule has 0 unspecified atom stereocenters. The van der Waals surface area contributed by atoms with Crippen LogP contribution in [0.25, 0.3) is 21.2 Å². The summed E-state index contributed by atoms with van der Waals surface area (Å²) in [4.78, 5) is 32.7. The van der Waals surface area contributed by atoms with Gasteiger partial charge in [0.2, 0.25) is 0 Å². The van der Waals surface area contributed by atoms with Gasteiger partial charge in [-0.25, -0.2) is 4.79 Å². The maximum absolute atomic E-state index is 13.9. The second kappa shape index (κ2) is 11.1. The molecule has 1 N–H and O–H groups in total. The molecule has 0 bridgehead atoms. The number of nitrogens with one attached hydrogen (secondary N) is 1. The van der Waals surface area contributed by atoms with Gasteiger partial charge in [-0.05, 0) is 85.3 Å². The van der Waals surface area contributed by atoms with Crippen molar-refractivity contribution < 1.29 is 14.3 Å². The van der Waals surface area contributed by atoms with Crippen molar-refractivity contribution >= 4 is 44.8 Å². The summed E-state index contributed by atoms with van der Waals surface area (Å²) in [6.07, 6.45) is 3.06. The number of benzene rings is 3. The highest BCUT2D eigenvalue weighted by atomic mass is 32.1. The lowest BCUT2D eigenvalue weighted by molar-refractivity contribution is 0.0635. The summed E-state index contributed by atoms with van der Waals surface area (Å²) in [5.74, 6) is -0.0830. The molecule has 5 rings (SSSR count). The zero-order chi connectivity index (χ0) is 27.4. The van der Waals surface area contributed by atoms with Crippen LogP contribution in [0.15, 0.2) is 103 Å². The average molecular weight is 536 g/mol. The molecule has 3 aromatic carbocycles. The van der Waals surface area contributed by atoms with E-state index in [4.69, 9.17) is 4.74 Å². The molecule has 2 amide bonds. The minimum absolute atomic E-state index is 0.0830. The molecule has 0 fully saturated rings. The molecular weight excluding hydrogens is 506 g/mol. The van der Waals surface area contributed by atoms with Gasteiger partial charge in [0.05, 0.1) is 11.4 Å². The van der Waals surface area contributed by atoms with Crippen LogP contribution in [0.4, 0.5) is 16.2 Å². The zero-order valence-electron chi connectivity index (χ0n) is 22.0. The van der Waals surface area contributed by atoms with Crippen molar-refractivity contribution in [2.75, 3.05) is 10.2 Å². The van der Waals surface area contributed by atoms with Gasteiger partial charge >= 0.3 is 6.09 Å². The van der Waals surface area contributed by atoms with E-state index in [1.165, 1.54) is 11.3 Å². The average Bonchev–Trinajstić information content (AvgIpc) is 3.36. The Labute approximate surface area is 231 Å². The number of amides is 2. The lowest BCUT2D eigenvalue weighted by Gasteiger charge is -2.23. The standard InChI is InChI=1S/C32H29N3O3S/c1-32(2,3)38-31(37)34-26-14-16-27(17-15-26)35(30(36)29-19-24-7-4-5-9-28(24)39-29)21-22-10-12-23(13-11-22)25-8-6-18-33-20-25/h4-20H,21H2,1-3H3,(H,34,37). The van der Waals surface area contributed by atoms with Gasteiger partial charge in [0.25, 0.3) is 5.91 Å². The molecule has 0 aliphatic carbocycles. The van der Waals surface area contributed by atoms with E-state index in [1.807, 2.05) is 106 Å². The van der Waals surface area contributed by atoms with Gasteiger partial charge in [0, 0.05) is 28.5 Å². The number of hydrogen-bond acceptors (Lipinski definition) is 5. The summed E-state index contributed by atoms with van der Waals surface area (Å²) in [6.45, 7) is 5.84. The number of carbonyl (C=O) groups excluding carboxylic acids is 2. The number of ether oxygens (including phenoxy) is 1. The number of carbonyl (C=O) groups is 2. The summed E-state index contributed by atoms with van der Waals surface area (Å²) in [6, 6.07) is 29.2. The fourth-order valence-corrected chi connectivity index (χ4v) is 5.18. The Morgan fingerprint density at radius 3 is 2.31 bits per heavy atom. The number of anilines is 2. The van der Waals surface area contributed by atoms with E-state index < -0.39 is 11.7 Å². The van der Waals surface area contributed by atoms with E-state index in [-0.39, 0.29) is 5.91 Å². The summed E-state index contributed by atoms with van der Waals surface area (Å²) in [5.41, 5.74) is 3.81. The molecule has 0 aliphatic rings. The summed E-state index contributed by atoms with van der Waals surface area (Å²) in [5, 5.41) is 3.79. The number of aromatic nitrogens is 1. The first-order valence-corrected chi connectivity index (χ1v) is 13.5. The Balaban J connectivity index is 1.42. The van der Waals surface area contributed by atoms with Gasteiger partial charge in [-0.2, -0.15) is 0 Å². The van der Waals surface area contributed by atoms with Crippen molar-refractivity contribution in [3.05, 3.63) is 114 Å². The third kappa shape index (κ3) is 6.51. The molecule has 0 radical (unpaired) electrons. The van der Waals surface area contributed by atoms with Crippen molar-refractivity contribution in [3.8, 4) is 11.1 Å². The van der Waals surface area contributed by atoms with Crippen LogP contribution < -0.4 is 10.2 Å². The van der Waals surface area contributed by atoms with Crippen molar-refractivity contribution in [2.45, 2.75) is 32.9 Å². The first kappa shape index (κ1) is 26.1. The van der Waals surface area contributed by atoms with E-state index in [0.29, 0.717) is 17.1 Å². The third-order valence-corrected chi connectivity index (χ3v) is 7.10. The number of thiophene rings is 1. The van der Waals surface area contributed by atoms with E-state index in [1.54, 1.807) is 23.2 Å². The van der Waals surface area contributed by atoms with Gasteiger partial charge in [-0.15, -0.1) is 11.3 Å². The maximum atomic E-state index is 13.9. The fraction of sp³-hybridized carbons (Fsp3) is 0.156. The van der Waals surface area contributed by atoms with Gasteiger partial charge in [-0.3, -0.25) is 15.1 Å². The van der Waals surface area contributed by atoms with Crippen molar-refractivity contribution in [1.29, 1.82) is 0 Å². The predicted molar refractivity (Wildman–Crippen MR) is 158 cm³/mol. The molecule has 196 valence electrons. The molecule has 0 aliphatic heterocycles. The number of fused-ring (bicyclic) bond motifs is 1. The van der Waals surface area contributed by atoms with Gasteiger partial charge in [0.15, 0.2) is 0 Å². The van der Waals surface area contributed by atoms with Crippen LogP contribution in [0, 0.1) is 0 Å². The smallest absolute Gasteiger partial charge is 0.412 e. The van der Waals surface area contributed by atoms with Crippen LogP contribution >= 0.6 is 11.3 Å². The van der Waals surface area contributed by atoms with E-state index in [2.05, 4.69) is 10.3 Å². The summed E-state index contributed by atoms with van der Waals surface area (Å²) >= 11 is 1.48. The SMILES string of the molecule is CC(C)(C)OC(=O)Nc1ccc(N(Cc2ccc(-c3cccnc3)cc2)C(=O)c2cc3ccccc3s2)cc1. The molecule has 2 aromatic heterocycles. The molecule has 2 heterocycles. The van der Waals surface area contributed by atoms with Gasteiger partial charge < -0.3 is 9.64 Å². The Bertz CT molecular complexity index is 1560. The highest BCUT2D eigenvalue weighted by Crippen LogP contribution is 2.30. The minimum atomic E-state index is -0.593. The molecule has 7 heteroatoms. The first-order valence-electron chi connectivity index (χ1n) is 12.6. The Morgan fingerprint density at radius 2 is 1.64 bits per heavy atom. The molecule has 0 atom stereocenters. The maximum Gasteiger partial charge on any atom is 0.412 e. The van der Waals surface area contributed by atoms with Crippen LogP contribution in [-0.4, -0.2) is 22.6 Å². The van der Waals surface area contributed by atoms with Gasteiger partial charge in [-0.1, -0.05) is 48.5 Å². The molecule has 0 saturated heterocycles. The quantitative estimate of drug-likeness (QED) is 0.238. The molecular formula is C32H29N3O3S. The number of nitrogens with zero attached hydrogens (tertiary/aromatic N) is 2. The summed E-state index contributed by atoms with van der Waals surface area (Å²) in [7, 11) is 0. The van der Waals surface area contributed by atoms with Crippen LogP contribution in [-0.2, 0) is 11.3 Å².